The van der Waals surface area contributed by atoms with Crippen LogP contribution in [0.3, 0.4) is 0 Å². The molecule has 0 aromatic carbocycles. The Morgan fingerprint density at radius 1 is 1.10 bits per heavy atom. The van der Waals surface area contributed by atoms with Gasteiger partial charge in [0.2, 0.25) is 0 Å². The van der Waals surface area contributed by atoms with E-state index >= 15 is 0 Å². The summed E-state index contributed by atoms with van der Waals surface area (Å²) in [6.45, 7) is 0.915. The van der Waals surface area contributed by atoms with Crippen LogP contribution in [0.25, 0.3) is 0 Å². The largest absolute Gasteiger partial charge is 0.394 e. The maximum absolute atomic E-state index is 12.4. The van der Waals surface area contributed by atoms with Gasteiger partial charge in [-0.3, -0.25) is 0 Å². The summed E-state index contributed by atoms with van der Waals surface area (Å²) in [5, 5.41) is 12.7. The van der Waals surface area contributed by atoms with E-state index in [1.54, 1.807) is 0 Å². The molecule has 6 unspecified atom stereocenters. The molecule has 4 fully saturated rings. The number of nitrogens with one attached hydrogen (secondary N) is 1. The molecule has 0 radical (unpaired) electrons. The number of amides is 2. The maximum Gasteiger partial charge on any atom is 0.317 e. The summed E-state index contributed by atoms with van der Waals surface area (Å²) >= 11 is 0. The van der Waals surface area contributed by atoms with Crippen molar-refractivity contribution in [2.24, 2.45) is 23.7 Å². The number of carbonyl (C=O) groups excluding carboxylic acids is 1. The number of fused-ring (bicyclic) bond motifs is 5. The van der Waals surface area contributed by atoms with Crippen molar-refractivity contribution >= 4 is 6.03 Å². The summed E-state index contributed by atoms with van der Waals surface area (Å²) in [5.41, 5.74) is 0. The predicted molar refractivity (Wildman–Crippen MR) is 76.2 cm³/mol. The quantitative estimate of drug-likeness (QED) is 0.811. The summed E-state index contributed by atoms with van der Waals surface area (Å²) in [7, 11) is 0. The van der Waals surface area contributed by atoms with Gasteiger partial charge in [0.05, 0.1) is 12.6 Å². The molecule has 2 amide bonds. The van der Waals surface area contributed by atoms with E-state index in [4.69, 9.17) is 0 Å². The Labute approximate surface area is 120 Å². The fraction of sp³-hybridized carbons (Fsp3) is 0.938. The molecule has 20 heavy (non-hydrogen) atoms. The van der Waals surface area contributed by atoms with Crippen molar-refractivity contribution in [2.75, 3.05) is 13.2 Å². The Kier molecular flexibility index (Phi) is 3.17. The minimum Gasteiger partial charge on any atom is -0.394 e. The monoisotopic (exact) mass is 278 g/mol. The van der Waals surface area contributed by atoms with Gasteiger partial charge in [-0.15, -0.1) is 0 Å². The summed E-state index contributed by atoms with van der Waals surface area (Å²) in [5.74, 6) is 3.49. The van der Waals surface area contributed by atoms with Crippen LogP contribution >= 0.6 is 0 Å². The van der Waals surface area contributed by atoms with Crippen molar-refractivity contribution < 1.29 is 9.90 Å². The number of carbonyl (C=O) groups is 1. The Morgan fingerprint density at radius 2 is 1.95 bits per heavy atom. The lowest BCUT2D eigenvalue weighted by Gasteiger charge is -2.34. The fourth-order valence-electron chi connectivity index (χ4n) is 5.77. The van der Waals surface area contributed by atoms with Crippen LogP contribution in [0.15, 0.2) is 0 Å². The van der Waals surface area contributed by atoms with Crippen LogP contribution in [-0.2, 0) is 0 Å². The molecule has 112 valence electrons. The number of nitrogens with zero attached hydrogens (tertiary/aromatic N) is 1. The van der Waals surface area contributed by atoms with Crippen molar-refractivity contribution in [2.45, 2.75) is 57.0 Å². The first-order valence-electron chi connectivity index (χ1n) is 8.46. The lowest BCUT2D eigenvalue weighted by atomic mass is 9.79. The summed E-state index contributed by atoms with van der Waals surface area (Å²) in [6.07, 6.45) is 8.76. The molecule has 4 aliphatic rings. The molecular formula is C16H26N2O2. The zero-order valence-corrected chi connectivity index (χ0v) is 12.1. The fourth-order valence-corrected chi connectivity index (χ4v) is 5.77. The van der Waals surface area contributed by atoms with E-state index in [-0.39, 0.29) is 18.7 Å². The zero-order valence-electron chi connectivity index (χ0n) is 12.1. The van der Waals surface area contributed by atoms with E-state index in [2.05, 4.69) is 5.32 Å². The second kappa shape index (κ2) is 4.90. The van der Waals surface area contributed by atoms with E-state index in [0.29, 0.717) is 6.04 Å². The molecule has 1 aliphatic heterocycles. The van der Waals surface area contributed by atoms with Gasteiger partial charge in [0.1, 0.15) is 0 Å². The predicted octanol–water partition coefficient (Wildman–Crippen LogP) is 1.98. The third-order valence-corrected chi connectivity index (χ3v) is 6.59. The molecular weight excluding hydrogens is 252 g/mol. The van der Waals surface area contributed by atoms with Gasteiger partial charge in [-0.2, -0.15) is 0 Å². The van der Waals surface area contributed by atoms with Gasteiger partial charge in [0.15, 0.2) is 0 Å². The SMILES string of the molecule is O=C(NC1CC2CC1C1CCCC21)N1CCCC1CO. The van der Waals surface area contributed by atoms with Crippen LogP contribution in [0, 0.1) is 23.7 Å². The molecule has 0 aromatic rings. The second-order valence-corrected chi connectivity index (χ2v) is 7.38. The average molecular weight is 278 g/mol. The number of aliphatic hydroxyl groups excluding tert-OH is 1. The van der Waals surface area contributed by atoms with Crippen molar-refractivity contribution in [3.8, 4) is 0 Å². The van der Waals surface area contributed by atoms with Gasteiger partial charge < -0.3 is 15.3 Å². The van der Waals surface area contributed by atoms with Crippen molar-refractivity contribution in [1.82, 2.24) is 10.2 Å². The number of likely N-dealkylation sites (tertiary alicyclic amines) is 1. The smallest absolute Gasteiger partial charge is 0.317 e. The number of hydrogen-bond acceptors (Lipinski definition) is 2. The topological polar surface area (TPSA) is 52.6 Å². The lowest BCUT2D eigenvalue weighted by molar-refractivity contribution is 0.144. The number of rotatable bonds is 2. The van der Waals surface area contributed by atoms with E-state index in [1.165, 1.54) is 32.1 Å². The Bertz CT molecular complexity index is 400. The molecule has 4 rings (SSSR count). The third kappa shape index (κ3) is 1.87. The molecule has 4 heteroatoms. The first-order chi connectivity index (χ1) is 9.78. The minimum absolute atomic E-state index is 0.0489. The molecule has 4 nitrogen and oxygen atoms in total. The van der Waals surface area contributed by atoms with E-state index in [1.807, 2.05) is 4.90 Å². The molecule has 6 atom stereocenters. The van der Waals surface area contributed by atoms with E-state index in [0.717, 1.165) is 43.1 Å². The summed E-state index contributed by atoms with van der Waals surface area (Å²) in [4.78, 5) is 14.3. The normalized spacial score (nSPS) is 46.0. The van der Waals surface area contributed by atoms with E-state index in [9.17, 15) is 9.90 Å². The second-order valence-electron chi connectivity index (χ2n) is 7.38. The molecule has 0 spiro atoms. The van der Waals surface area contributed by atoms with Gasteiger partial charge in [-0.05, 0) is 62.2 Å². The Balaban J connectivity index is 1.39. The highest BCUT2D eigenvalue weighted by Crippen LogP contribution is 2.58. The molecule has 2 bridgehead atoms. The van der Waals surface area contributed by atoms with Crippen LogP contribution in [0.4, 0.5) is 4.79 Å². The molecule has 3 aliphatic carbocycles. The van der Waals surface area contributed by atoms with Gasteiger partial charge >= 0.3 is 6.03 Å². The minimum atomic E-state index is 0.0489. The zero-order chi connectivity index (χ0) is 13.7. The first kappa shape index (κ1) is 12.9. The number of aliphatic hydroxyl groups is 1. The van der Waals surface area contributed by atoms with Crippen LogP contribution in [0.1, 0.15) is 44.9 Å². The van der Waals surface area contributed by atoms with Crippen LogP contribution < -0.4 is 5.32 Å². The Morgan fingerprint density at radius 3 is 2.80 bits per heavy atom. The lowest BCUT2D eigenvalue weighted by Crippen LogP contribution is -2.50. The number of urea groups is 1. The Hall–Kier alpha value is -0.770. The van der Waals surface area contributed by atoms with Gasteiger partial charge in [0.25, 0.3) is 0 Å². The first-order valence-corrected chi connectivity index (χ1v) is 8.46. The molecule has 1 heterocycles. The van der Waals surface area contributed by atoms with Gasteiger partial charge in [-0.25, -0.2) is 4.79 Å². The van der Waals surface area contributed by atoms with Crippen LogP contribution in [0.2, 0.25) is 0 Å². The summed E-state index contributed by atoms with van der Waals surface area (Å²) < 4.78 is 0. The molecule has 0 aromatic heterocycles. The van der Waals surface area contributed by atoms with Crippen molar-refractivity contribution in [3.05, 3.63) is 0 Å². The van der Waals surface area contributed by atoms with Gasteiger partial charge in [0, 0.05) is 12.6 Å². The highest BCUT2D eigenvalue weighted by molar-refractivity contribution is 5.75. The highest BCUT2D eigenvalue weighted by Gasteiger charge is 2.54. The highest BCUT2D eigenvalue weighted by atomic mass is 16.3. The van der Waals surface area contributed by atoms with Crippen LogP contribution in [0.5, 0.6) is 0 Å². The molecule has 2 N–H and O–H groups in total. The number of hydrogen-bond donors (Lipinski definition) is 2. The van der Waals surface area contributed by atoms with E-state index < -0.39 is 0 Å². The van der Waals surface area contributed by atoms with Crippen LogP contribution in [-0.4, -0.2) is 41.3 Å². The molecule has 1 saturated heterocycles. The van der Waals surface area contributed by atoms with Crippen molar-refractivity contribution in [3.63, 3.8) is 0 Å². The standard InChI is InChI=1S/C16H26N2O2/c19-9-11-3-2-6-18(11)16(20)17-15-8-10-7-14(15)13-5-1-4-12(10)13/h10-15,19H,1-9H2,(H,17,20). The summed E-state index contributed by atoms with van der Waals surface area (Å²) in [6, 6.07) is 0.535. The average Bonchev–Trinajstić information content (AvgIpc) is 3.19. The van der Waals surface area contributed by atoms with Gasteiger partial charge in [-0.1, -0.05) is 6.42 Å². The maximum atomic E-state index is 12.4. The third-order valence-electron chi connectivity index (χ3n) is 6.59. The molecule has 3 saturated carbocycles. The van der Waals surface area contributed by atoms with Crippen molar-refractivity contribution in [1.29, 1.82) is 0 Å².